The first-order chi connectivity index (χ1) is 8.31. The molecule has 1 heterocycles. The van der Waals surface area contributed by atoms with Crippen LogP contribution in [0.25, 0.3) is 0 Å². The Hall–Kier alpha value is -1.28. The molecule has 2 nitrogen and oxygen atoms in total. The molecule has 88 valence electrons. The number of imidazole rings is 1. The van der Waals surface area contributed by atoms with Gasteiger partial charge in [-0.1, -0.05) is 30.3 Å². The van der Waals surface area contributed by atoms with E-state index in [4.69, 9.17) is 11.6 Å². The minimum Gasteiger partial charge on any atom is -0.349 e. The summed E-state index contributed by atoms with van der Waals surface area (Å²) < 4.78 is 0. The summed E-state index contributed by atoms with van der Waals surface area (Å²) in [5.74, 6) is 0.979. The highest BCUT2D eigenvalue weighted by Crippen LogP contribution is 2.53. The van der Waals surface area contributed by atoms with Crippen LogP contribution >= 0.6 is 11.6 Å². The standard InChI is InChI=1S/C14H15ClN2/c15-12(10-13-16-8-9-17-13)14(6-7-14)11-4-2-1-3-5-11/h1-5,8-9,12H,6-7,10H2,(H,16,17). The third kappa shape index (κ3) is 1.98. The van der Waals surface area contributed by atoms with E-state index in [1.807, 2.05) is 6.20 Å². The third-order valence-electron chi connectivity index (χ3n) is 3.66. The van der Waals surface area contributed by atoms with Gasteiger partial charge in [-0.15, -0.1) is 11.6 Å². The number of hydrogen-bond acceptors (Lipinski definition) is 1. The largest absolute Gasteiger partial charge is 0.349 e. The maximum atomic E-state index is 6.60. The molecule has 0 radical (unpaired) electrons. The highest BCUT2D eigenvalue weighted by atomic mass is 35.5. The van der Waals surface area contributed by atoms with Gasteiger partial charge in [0, 0.05) is 24.2 Å². The Morgan fingerprint density at radius 3 is 2.65 bits per heavy atom. The highest BCUT2D eigenvalue weighted by Gasteiger charge is 2.49. The molecule has 0 aliphatic heterocycles. The van der Waals surface area contributed by atoms with Crippen molar-refractivity contribution in [2.24, 2.45) is 0 Å². The van der Waals surface area contributed by atoms with Crippen molar-refractivity contribution in [3.05, 3.63) is 54.1 Å². The molecule has 1 aliphatic carbocycles. The monoisotopic (exact) mass is 246 g/mol. The number of hydrogen-bond donors (Lipinski definition) is 1. The second-order valence-electron chi connectivity index (χ2n) is 4.73. The second-order valence-corrected chi connectivity index (χ2v) is 5.26. The quantitative estimate of drug-likeness (QED) is 0.824. The van der Waals surface area contributed by atoms with Crippen molar-refractivity contribution in [1.82, 2.24) is 9.97 Å². The van der Waals surface area contributed by atoms with Crippen LogP contribution in [0.3, 0.4) is 0 Å². The van der Waals surface area contributed by atoms with Crippen molar-refractivity contribution in [3.63, 3.8) is 0 Å². The number of benzene rings is 1. The summed E-state index contributed by atoms with van der Waals surface area (Å²) in [4.78, 5) is 7.37. The fraction of sp³-hybridized carbons (Fsp3) is 0.357. The predicted molar refractivity (Wildman–Crippen MR) is 69.3 cm³/mol. The zero-order chi connectivity index (χ0) is 11.7. The molecule has 0 spiro atoms. The van der Waals surface area contributed by atoms with Crippen LogP contribution in [0.1, 0.15) is 24.2 Å². The van der Waals surface area contributed by atoms with Gasteiger partial charge in [-0.3, -0.25) is 0 Å². The van der Waals surface area contributed by atoms with Crippen molar-refractivity contribution in [1.29, 1.82) is 0 Å². The molecule has 1 fully saturated rings. The minimum atomic E-state index is 0.121. The summed E-state index contributed by atoms with van der Waals surface area (Å²) in [6, 6.07) is 10.6. The molecule has 1 atom stereocenters. The number of rotatable bonds is 4. The maximum absolute atomic E-state index is 6.60. The van der Waals surface area contributed by atoms with Crippen LogP contribution in [0.2, 0.25) is 0 Å². The number of alkyl halides is 1. The summed E-state index contributed by atoms with van der Waals surface area (Å²) in [5.41, 5.74) is 1.54. The van der Waals surface area contributed by atoms with Crippen LogP contribution in [0.4, 0.5) is 0 Å². The lowest BCUT2D eigenvalue weighted by molar-refractivity contribution is 0.617. The van der Waals surface area contributed by atoms with Crippen LogP contribution in [0.15, 0.2) is 42.7 Å². The molecule has 3 rings (SSSR count). The Morgan fingerprint density at radius 2 is 2.06 bits per heavy atom. The number of aromatic nitrogens is 2. The number of H-pyrrole nitrogens is 1. The molecule has 0 saturated heterocycles. The minimum absolute atomic E-state index is 0.121. The maximum Gasteiger partial charge on any atom is 0.107 e. The van der Waals surface area contributed by atoms with Gasteiger partial charge in [-0.2, -0.15) is 0 Å². The zero-order valence-corrected chi connectivity index (χ0v) is 10.3. The number of nitrogens with zero attached hydrogens (tertiary/aromatic N) is 1. The van der Waals surface area contributed by atoms with Gasteiger partial charge in [0.25, 0.3) is 0 Å². The van der Waals surface area contributed by atoms with E-state index in [2.05, 4.69) is 40.3 Å². The summed E-state index contributed by atoms with van der Waals surface area (Å²) in [6.45, 7) is 0. The number of halogens is 1. The normalized spacial score (nSPS) is 18.9. The molecule has 1 aromatic heterocycles. The summed E-state index contributed by atoms with van der Waals surface area (Å²) >= 11 is 6.60. The second kappa shape index (κ2) is 4.19. The lowest BCUT2D eigenvalue weighted by Crippen LogP contribution is -2.23. The van der Waals surface area contributed by atoms with Gasteiger partial charge in [0.2, 0.25) is 0 Å². The van der Waals surface area contributed by atoms with E-state index in [0.29, 0.717) is 0 Å². The Balaban J connectivity index is 1.80. The molecule has 0 bridgehead atoms. The molecular weight excluding hydrogens is 232 g/mol. The Kier molecular flexibility index (Phi) is 2.67. The van der Waals surface area contributed by atoms with Gasteiger partial charge in [0.05, 0.1) is 5.38 Å². The van der Waals surface area contributed by atoms with Crippen molar-refractivity contribution in [2.75, 3.05) is 0 Å². The van der Waals surface area contributed by atoms with Gasteiger partial charge in [-0.05, 0) is 18.4 Å². The lowest BCUT2D eigenvalue weighted by Gasteiger charge is -2.21. The molecule has 1 unspecified atom stereocenters. The number of aromatic amines is 1. The molecule has 17 heavy (non-hydrogen) atoms. The lowest BCUT2D eigenvalue weighted by atomic mass is 9.90. The van der Waals surface area contributed by atoms with E-state index < -0.39 is 0 Å². The predicted octanol–water partition coefficient (Wildman–Crippen LogP) is 3.29. The number of nitrogens with one attached hydrogen (secondary N) is 1. The van der Waals surface area contributed by atoms with E-state index >= 15 is 0 Å². The summed E-state index contributed by atoms with van der Waals surface area (Å²) in [6.07, 6.45) is 6.81. The molecule has 1 saturated carbocycles. The molecule has 2 aromatic rings. The van der Waals surface area contributed by atoms with Crippen molar-refractivity contribution < 1.29 is 0 Å². The van der Waals surface area contributed by atoms with E-state index in [1.54, 1.807) is 6.20 Å². The Morgan fingerprint density at radius 1 is 1.29 bits per heavy atom. The van der Waals surface area contributed by atoms with Crippen LogP contribution in [0.5, 0.6) is 0 Å². The van der Waals surface area contributed by atoms with Gasteiger partial charge in [-0.25, -0.2) is 4.98 Å². The third-order valence-corrected chi connectivity index (χ3v) is 4.24. The van der Waals surface area contributed by atoms with Crippen molar-refractivity contribution in [2.45, 2.75) is 30.1 Å². The van der Waals surface area contributed by atoms with E-state index in [1.165, 1.54) is 18.4 Å². The van der Waals surface area contributed by atoms with Gasteiger partial charge >= 0.3 is 0 Å². The summed E-state index contributed by atoms with van der Waals surface area (Å²) in [5, 5.41) is 0.121. The average Bonchev–Trinajstić information content (AvgIpc) is 3.04. The smallest absolute Gasteiger partial charge is 0.107 e. The van der Waals surface area contributed by atoms with Gasteiger partial charge in [0.1, 0.15) is 5.82 Å². The van der Waals surface area contributed by atoms with Crippen LogP contribution in [0, 0.1) is 0 Å². The fourth-order valence-corrected chi connectivity index (χ4v) is 2.95. The first kappa shape index (κ1) is 10.8. The average molecular weight is 247 g/mol. The van der Waals surface area contributed by atoms with E-state index in [-0.39, 0.29) is 10.8 Å². The molecule has 3 heteroatoms. The molecule has 1 N–H and O–H groups in total. The molecular formula is C14H15ClN2. The van der Waals surface area contributed by atoms with Crippen molar-refractivity contribution in [3.8, 4) is 0 Å². The van der Waals surface area contributed by atoms with Crippen LogP contribution in [-0.4, -0.2) is 15.3 Å². The zero-order valence-electron chi connectivity index (χ0n) is 9.57. The first-order valence-corrected chi connectivity index (χ1v) is 6.43. The van der Waals surface area contributed by atoms with Crippen LogP contribution < -0.4 is 0 Å². The van der Waals surface area contributed by atoms with Crippen molar-refractivity contribution >= 4 is 11.6 Å². The van der Waals surface area contributed by atoms with Gasteiger partial charge < -0.3 is 4.98 Å². The molecule has 1 aliphatic rings. The molecule has 0 amide bonds. The Bertz CT molecular complexity index is 474. The fourth-order valence-electron chi connectivity index (χ4n) is 2.46. The summed E-state index contributed by atoms with van der Waals surface area (Å²) in [7, 11) is 0. The Labute approximate surface area is 106 Å². The van der Waals surface area contributed by atoms with E-state index in [0.717, 1.165) is 12.2 Å². The first-order valence-electron chi connectivity index (χ1n) is 5.99. The topological polar surface area (TPSA) is 28.7 Å². The van der Waals surface area contributed by atoms with Gasteiger partial charge in [0.15, 0.2) is 0 Å². The molecule has 1 aromatic carbocycles. The van der Waals surface area contributed by atoms with E-state index in [9.17, 15) is 0 Å². The highest BCUT2D eigenvalue weighted by molar-refractivity contribution is 6.22. The SMILES string of the molecule is ClC(Cc1ncc[nH]1)C1(c2ccccc2)CC1. The van der Waals surface area contributed by atoms with Crippen LogP contribution in [-0.2, 0) is 11.8 Å².